The van der Waals surface area contributed by atoms with E-state index in [1.165, 1.54) is 71.0 Å². The number of hydrogen-bond acceptors (Lipinski definition) is 23. The number of hydrogen-bond donors (Lipinski definition) is 6. The fraction of sp³-hybridized carbons (Fsp3) is 0.0889. The van der Waals surface area contributed by atoms with E-state index in [-0.39, 0.29) is 57.7 Å². The van der Waals surface area contributed by atoms with Gasteiger partial charge in [0.2, 0.25) is 0 Å². The Kier molecular flexibility index (Phi) is 15.6. The van der Waals surface area contributed by atoms with Gasteiger partial charge in [-0.05, 0) is 83.6 Å². The van der Waals surface area contributed by atoms with Crippen LogP contribution in [0.25, 0.3) is 21.5 Å². The summed E-state index contributed by atoms with van der Waals surface area (Å²) in [5.74, 6) is -3.94. The first kappa shape index (κ1) is 61.2. The Morgan fingerprint density at radius 3 is 0.845 bits per heavy atom. The van der Waals surface area contributed by atoms with Crippen LogP contribution < -0.4 is 31.9 Å². The van der Waals surface area contributed by atoms with Gasteiger partial charge < -0.3 is 66.9 Å². The fourth-order valence-electron chi connectivity index (χ4n) is 8.25. The van der Waals surface area contributed by atoms with Crippen molar-refractivity contribution in [1.29, 1.82) is 0 Å². The molecule has 39 heteroatoms. The van der Waals surface area contributed by atoms with E-state index in [4.69, 9.17) is 0 Å². The smallest absolute Gasteiger partial charge is 0.325 e. The van der Waals surface area contributed by atoms with Gasteiger partial charge in [-0.3, -0.25) is 29.8 Å². The largest absolute Gasteiger partial charge is 0.744 e. The van der Waals surface area contributed by atoms with Gasteiger partial charge in [-0.15, -0.1) is 0 Å². The van der Waals surface area contributed by atoms with Gasteiger partial charge in [-0.25, -0.2) is 55.3 Å². The lowest BCUT2D eigenvalue weighted by atomic mass is 10.1. The lowest BCUT2D eigenvalue weighted by Crippen LogP contribution is -2.22. The molecule has 0 radical (unpaired) electrons. The Labute approximate surface area is 473 Å². The zero-order valence-electron chi connectivity index (χ0n) is 42.4. The van der Waals surface area contributed by atoms with Crippen LogP contribution >= 0.6 is 0 Å². The van der Waals surface area contributed by atoms with Crippen molar-refractivity contribution in [2.45, 2.75) is 29.4 Å². The number of anilines is 6. The van der Waals surface area contributed by atoms with Crippen LogP contribution in [0.3, 0.4) is 0 Å². The molecule has 4 aromatic carbocycles. The highest BCUT2D eigenvalue weighted by Crippen LogP contribution is 2.36. The average molecular weight is 1280 g/mol. The van der Waals surface area contributed by atoms with Crippen LogP contribution in [0.4, 0.5) is 39.4 Å². The molecule has 0 saturated heterocycles. The summed E-state index contributed by atoms with van der Waals surface area (Å²) in [6, 6.07) is 7.43. The maximum absolute atomic E-state index is 13.4. The summed E-state index contributed by atoms with van der Waals surface area (Å²) in [4.78, 5) is 59.5. The number of urea groups is 1. The molecule has 0 aliphatic rings. The lowest BCUT2D eigenvalue weighted by Gasteiger charge is -2.19. The zero-order valence-corrected chi connectivity index (χ0v) is 47.3. The predicted molar refractivity (Wildman–Crippen MR) is 282 cm³/mol. The van der Waals surface area contributed by atoms with Crippen molar-refractivity contribution in [1.82, 2.24) is 18.3 Å². The topological polar surface area (TPSA) is 520 Å². The Hall–Kier alpha value is -8.87. The number of aryl methyl sites for hydroxylation is 4. The second-order valence-electron chi connectivity index (χ2n) is 18.0. The van der Waals surface area contributed by atoms with Crippen molar-refractivity contribution in [2.24, 2.45) is 28.2 Å². The van der Waals surface area contributed by atoms with E-state index in [2.05, 4.69) is 31.9 Å². The highest BCUT2D eigenvalue weighted by Gasteiger charge is 2.25. The molecule has 4 heterocycles. The van der Waals surface area contributed by atoms with E-state index in [1.54, 1.807) is 0 Å². The molecule has 4 aromatic heterocycles. The Morgan fingerprint density at radius 2 is 0.583 bits per heavy atom. The van der Waals surface area contributed by atoms with Crippen LogP contribution in [0.15, 0.2) is 127 Å². The van der Waals surface area contributed by atoms with Gasteiger partial charge in [-0.2, -0.15) is 0 Å². The summed E-state index contributed by atoms with van der Waals surface area (Å²) in [5.41, 5.74) is -2.40. The number of nitrogens with one attached hydrogen (secondary N) is 6. The molecule has 0 aliphatic heterocycles. The monoisotopic (exact) mass is 1270 g/mol. The number of carbonyl (C=O) groups is 5. The Bertz CT molecular complexity index is 4640. The van der Waals surface area contributed by atoms with E-state index >= 15 is 0 Å². The summed E-state index contributed by atoms with van der Waals surface area (Å²) in [6.45, 7) is 0. The molecule has 8 rings (SSSR count). The minimum Gasteiger partial charge on any atom is -0.744 e. The summed E-state index contributed by atoms with van der Waals surface area (Å²) in [5, 5.41) is 11.7. The van der Waals surface area contributed by atoms with Crippen LogP contribution in [0.1, 0.15) is 41.4 Å². The average Bonchev–Trinajstić information content (AvgIpc) is 1.40. The summed E-state index contributed by atoms with van der Waals surface area (Å²) in [6.07, 6.45) is 4.88. The number of amides is 6. The Balaban J connectivity index is 0.920. The maximum Gasteiger partial charge on any atom is 0.325 e. The second-order valence-corrected chi connectivity index (χ2v) is 26.2. The summed E-state index contributed by atoms with van der Waals surface area (Å²) < 4.78 is 221. The van der Waals surface area contributed by atoms with Gasteiger partial charge in [0.1, 0.15) is 84.0 Å². The molecule has 0 unspecified atom stereocenters. The molecular formula is C45H34N10O23S6-6. The number of nitrogens with zero attached hydrogens (tertiary/aromatic N) is 4. The molecule has 0 spiro atoms. The van der Waals surface area contributed by atoms with Gasteiger partial charge >= 0.3 is 6.03 Å². The van der Waals surface area contributed by atoms with Crippen molar-refractivity contribution in [2.75, 3.05) is 31.9 Å². The van der Waals surface area contributed by atoms with Crippen molar-refractivity contribution in [3.63, 3.8) is 0 Å². The number of carbonyl (C=O) groups excluding carboxylic acids is 5. The number of fused-ring (bicyclic) bond motifs is 2. The molecule has 0 fully saturated rings. The molecule has 8 aromatic rings. The quantitative estimate of drug-likeness (QED) is 0.0745. The highest BCUT2D eigenvalue weighted by atomic mass is 32.2. The normalized spacial score (nSPS) is 12.5. The van der Waals surface area contributed by atoms with Crippen molar-refractivity contribution in [3.05, 3.63) is 120 Å². The standard InChI is InChI=1S/C45H40N10O23S6/c1-52-17-23(41(56)46-31-15-29-21(7-35(31)83(73,74)75)5-27(79(61,62)63)13-33(29)81(67,68)69)9-37(52)48-43(58)25-11-39(54(3)19-25)50-45(60)51-40-12-26(20-55(40)4)44(59)49-38-10-24(18-53(38)2)42(57)47-32-16-30-22(8-36(32)84(76,77)78)6-28(80(64,65)66)14-34(30)82(70,71)72/h5-20H,1-4H3,(H,46,56)(H,47,57)(H,48,58)(H,49,59)(H2,50,51,60)(H,61,62,63)(H,64,65,66)(H,67,68,69)(H,70,71,72)(H,73,74,75)(H,76,77,78)/p-6. The van der Waals surface area contributed by atoms with Gasteiger partial charge in [0.05, 0.1) is 63.0 Å². The van der Waals surface area contributed by atoms with Crippen LogP contribution in [-0.4, -0.2) is 126 Å². The Morgan fingerprint density at radius 1 is 0.321 bits per heavy atom. The summed E-state index contributed by atoms with van der Waals surface area (Å²) in [7, 11) is -27.4. The zero-order chi connectivity index (χ0) is 62.3. The number of aromatic nitrogens is 4. The van der Waals surface area contributed by atoms with E-state index in [1.807, 2.05) is 0 Å². The van der Waals surface area contributed by atoms with E-state index in [0.29, 0.717) is 36.4 Å². The van der Waals surface area contributed by atoms with Gasteiger partial charge in [0, 0.05) is 63.8 Å². The molecule has 444 valence electrons. The van der Waals surface area contributed by atoms with Crippen molar-refractivity contribution in [3.8, 4) is 0 Å². The predicted octanol–water partition coefficient (Wildman–Crippen LogP) is 1.42. The highest BCUT2D eigenvalue weighted by molar-refractivity contribution is 7.87. The van der Waals surface area contributed by atoms with Crippen LogP contribution in [0.5, 0.6) is 0 Å². The molecule has 0 bridgehead atoms. The second kappa shape index (κ2) is 21.4. The third kappa shape index (κ3) is 13.0. The molecule has 33 nitrogen and oxygen atoms in total. The van der Waals surface area contributed by atoms with Gasteiger partial charge in [-0.1, -0.05) is 0 Å². The van der Waals surface area contributed by atoms with Crippen LogP contribution in [-0.2, 0) is 88.9 Å². The van der Waals surface area contributed by atoms with E-state index in [0.717, 1.165) is 24.5 Å². The minimum atomic E-state index is -5.57. The van der Waals surface area contributed by atoms with Crippen molar-refractivity contribution < 1.29 is 102 Å². The first-order valence-electron chi connectivity index (χ1n) is 22.5. The minimum absolute atomic E-state index is 0.0392. The van der Waals surface area contributed by atoms with E-state index < -0.39 is 153 Å². The molecule has 0 aliphatic carbocycles. The molecule has 6 N–H and O–H groups in total. The number of rotatable bonds is 16. The first-order valence-corrected chi connectivity index (χ1v) is 31.0. The molecular weight excluding hydrogens is 1240 g/mol. The molecule has 84 heavy (non-hydrogen) atoms. The lowest BCUT2D eigenvalue weighted by molar-refractivity contribution is 0.101. The van der Waals surface area contributed by atoms with Gasteiger partial charge in [0.25, 0.3) is 23.6 Å². The van der Waals surface area contributed by atoms with Crippen LogP contribution in [0.2, 0.25) is 0 Å². The van der Waals surface area contributed by atoms with Gasteiger partial charge in [0.15, 0.2) is 0 Å². The third-order valence-corrected chi connectivity index (χ3v) is 17.3. The fourth-order valence-corrected chi connectivity index (χ4v) is 12.2. The summed E-state index contributed by atoms with van der Waals surface area (Å²) >= 11 is 0. The molecule has 0 atom stereocenters. The van der Waals surface area contributed by atoms with Crippen LogP contribution in [0, 0.1) is 0 Å². The third-order valence-electron chi connectivity index (χ3n) is 12.2. The SMILES string of the molecule is Cn1cc(C(=O)Nc2cc(C(=O)Nc3cc4c(S(=O)(=O)[O-])cc(S(=O)(=O)[O-])cc4cc3S(=O)(=O)[O-])cn2C)cc1NC(=O)Nc1cc(C(=O)Nc2cc(C(=O)Nc3cc4c(S(=O)(=O)[O-])cc(S(=O)(=O)[O-])cc4cc3S(=O)(=O)[O-])cn2C)cn1C. The number of benzene rings is 4. The van der Waals surface area contributed by atoms with Crippen molar-refractivity contribution >= 4 is 147 Å². The van der Waals surface area contributed by atoms with E-state index in [9.17, 15) is 102 Å². The first-order chi connectivity index (χ1) is 38.6. The molecule has 6 amide bonds. The molecule has 0 saturated carbocycles. The maximum atomic E-state index is 13.4.